The summed E-state index contributed by atoms with van der Waals surface area (Å²) in [6.07, 6.45) is 4.99. The van der Waals surface area contributed by atoms with Crippen molar-refractivity contribution in [2.75, 3.05) is 6.79 Å². The highest BCUT2D eigenvalue weighted by Crippen LogP contribution is 2.37. The first-order chi connectivity index (χ1) is 14.3. The molecule has 1 aromatic heterocycles. The van der Waals surface area contributed by atoms with Gasteiger partial charge in [-0.2, -0.15) is 0 Å². The monoisotopic (exact) mass is 408 g/mol. The Labute approximate surface area is 174 Å². The molecule has 1 aliphatic heterocycles. The number of aromatic hydroxyl groups is 1. The van der Waals surface area contributed by atoms with E-state index < -0.39 is 0 Å². The second-order valence-electron chi connectivity index (χ2n) is 7.68. The molecule has 5 rings (SSSR count). The van der Waals surface area contributed by atoms with E-state index in [4.69, 9.17) is 14.5 Å². The van der Waals surface area contributed by atoms with Crippen LogP contribution in [0.2, 0.25) is 0 Å². The average Bonchev–Trinajstić information content (AvgIpc) is 3.50. The molecule has 1 saturated carbocycles. The Kier molecular flexibility index (Phi) is 5.12. The summed E-state index contributed by atoms with van der Waals surface area (Å²) in [4.78, 5) is 7.37. The zero-order valence-corrected chi connectivity index (χ0v) is 17.0. The lowest BCUT2D eigenvalue weighted by molar-refractivity contribution is 0.174. The van der Waals surface area contributed by atoms with E-state index in [0.29, 0.717) is 11.8 Å². The van der Waals surface area contributed by atoms with Gasteiger partial charge in [-0.05, 0) is 37.1 Å². The molecule has 0 spiro atoms. The van der Waals surface area contributed by atoms with Gasteiger partial charge in [0.15, 0.2) is 11.5 Å². The topological polar surface area (TPSA) is 54.8 Å². The normalized spacial score (nSPS) is 16.0. The smallest absolute Gasteiger partial charge is 0.231 e. The van der Waals surface area contributed by atoms with Crippen LogP contribution in [0.25, 0.3) is 10.6 Å². The van der Waals surface area contributed by atoms with Gasteiger partial charge >= 0.3 is 0 Å². The number of para-hydroxylation sites is 1. The van der Waals surface area contributed by atoms with Crippen molar-refractivity contribution in [1.29, 1.82) is 0 Å². The van der Waals surface area contributed by atoms with Crippen LogP contribution in [0.15, 0.2) is 47.8 Å². The summed E-state index contributed by atoms with van der Waals surface area (Å²) in [5.74, 6) is 1.95. The number of phenolic OH excluding ortho intramolecular Hbond substituents is 1. The predicted octanol–water partition coefficient (Wildman–Crippen LogP) is 5.19. The Hall–Kier alpha value is -2.57. The number of rotatable bonds is 6. The zero-order chi connectivity index (χ0) is 19.6. The van der Waals surface area contributed by atoms with E-state index in [1.807, 2.05) is 36.4 Å². The summed E-state index contributed by atoms with van der Waals surface area (Å²) in [6.45, 7) is 1.82. The first-order valence-corrected chi connectivity index (χ1v) is 11.0. The van der Waals surface area contributed by atoms with Gasteiger partial charge in [0.05, 0.1) is 5.69 Å². The maximum absolute atomic E-state index is 10.2. The van der Waals surface area contributed by atoms with E-state index in [-0.39, 0.29) is 6.79 Å². The van der Waals surface area contributed by atoms with E-state index in [2.05, 4.69) is 10.3 Å². The second-order valence-corrected chi connectivity index (χ2v) is 8.54. The third kappa shape index (κ3) is 3.95. The highest BCUT2D eigenvalue weighted by molar-refractivity contribution is 7.13. The van der Waals surface area contributed by atoms with E-state index in [0.717, 1.165) is 46.4 Å². The summed E-state index contributed by atoms with van der Waals surface area (Å²) in [7, 11) is 0. The van der Waals surface area contributed by atoms with E-state index in [1.165, 1.54) is 25.7 Å². The summed E-state index contributed by atoms with van der Waals surface area (Å²) < 4.78 is 10.9. The Bertz CT molecular complexity index is 997. The first-order valence-electron chi connectivity index (χ1n) is 10.1. The molecule has 2 aromatic carbocycles. The molecule has 150 valence electrons. The van der Waals surface area contributed by atoms with Crippen molar-refractivity contribution in [2.45, 2.75) is 44.8 Å². The van der Waals surface area contributed by atoms with Crippen molar-refractivity contribution in [3.63, 3.8) is 0 Å². The van der Waals surface area contributed by atoms with Crippen LogP contribution in [0.4, 0.5) is 0 Å². The predicted molar refractivity (Wildman–Crippen MR) is 113 cm³/mol. The third-order valence-corrected chi connectivity index (χ3v) is 6.68. The largest absolute Gasteiger partial charge is 0.508 e. The van der Waals surface area contributed by atoms with Gasteiger partial charge in [0.1, 0.15) is 10.8 Å². The molecule has 0 bridgehead atoms. The number of hydrogen-bond donors (Lipinski definition) is 1. The van der Waals surface area contributed by atoms with Gasteiger partial charge in [-0.1, -0.05) is 31.0 Å². The summed E-state index contributed by atoms with van der Waals surface area (Å²) >= 11 is 1.66. The summed E-state index contributed by atoms with van der Waals surface area (Å²) in [6, 6.07) is 14.2. The number of aromatic nitrogens is 1. The Morgan fingerprint density at radius 3 is 2.72 bits per heavy atom. The second kappa shape index (κ2) is 8.05. The highest BCUT2D eigenvalue weighted by Gasteiger charge is 2.24. The number of nitrogens with zero attached hydrogens (tertiary/aromatic N) is 2. The summed E-state index contributed by atoms with van der Waals surface area (Å²) in [5, 5.41) is 13.4. The molecule has 2 heterocycles. The van der Waals surface area contributed by atoms with Gasteiger partial charge in [-0.25, -0.2) is 4.98 Å². The molecule has 3 aromatic rings. The molecule has 6 heteroatoms. The van der Waals surface area contributed by atoms with E-state index in [9.17, 15) is 5.11 Å². The molecule has 0 amide bonds. The molecular formula is C23H24N2O3S. The average molecular weight is 409 g/mol. The number of fused-ring (bicyclic) bond motifs is 1. The number of thiazole rings is 1. The highest BCUT2D eigenvalue weighted by atomic mass is 32.1. The van der Waals surface area contributed by atoms with Crippen molar-refractivity contribution in [2.24, 2.45) is 0 Å². The van der Waals surface area contributed by atoms with Crippen molar-refractivity contribution in [1.82, 2.24) is 9.88 Å². The molecule has 1 N–H and O–H groups in total. The Morgan fingerprint density at radius 2 is 1.86 bits per heavy atom. The minimum Gasteiger partial charge on any atom is -0.508 e. The minimum absolute atomic E-state index is 0.282. The number of benzene rings is 2. The lowest BCUT2D eigenvalue weighted by Gasteiger charge is -2.28. The first kappa shape index (κ1) is 18.5. The Balaban J connectivity index is 1.36. The van der Waals surface area contributed by atoms with Crippen LogP contribution in [0.5, 0.6) is 17.2 Å². The van der Waals surface area contributed by atoms with Crippen LogP contribution >= 0.6 is 11.3 Å². The maximum atomic E-state index is 10.2. The van der Waals surface area contributed by atoms with Crippen LogP contribution in [0.3, 0.4) is 0 Å². The molecule has 0 unspecified atom stereocenters. The lowest BCUT2D eigenvalue weighted by atomic mass is 10.1. The minimum atomic E-state index is 0.282. The van der Waals surface area contributed by atoms with Gasteiger partial charge in [0, 0.05) is 35.6 Å². The van der Waals surface area contributed by atoms with Gasteiger partial charge < -0.3 is 14.6 Å². The molecule has 0 saturated heterocycles. The van der Waals surface area contributed by atoms with Crippen LogP contribution in [-0.2, 0) is 13.1 Å². The molecule has 2 aliphatic rings. The van der Waals surface area contributed by atoms with Crippen molar-refractivity contribution >= 4 is 11.3 Å². The SMILES string of the molecule is Oc1ccccc1CN(Cc1csc(-c2ccc3c(c2)OCO3)n1)C1CCCC1. The van der Waals surface area contributed by atoms with Crippen molar-refractivity contribution in [3.8, 4) is 27.8 Å². The van der Waals surface area contributed by atoms with Crippen LogP contribution in [-0.4, -0.2) is 27.8 Å². The van der Waals surface area contributed by atoms with Crippen molar-refractivity contribution in [3.05, 3.63) is 59.1 Å². The third-order valence-electron chi connectivity index (χ3n) is 5.74. The van der Waals surface area contributed by atoms with Gasteiger partial charge in [0.2, 0.25) is 6.79 Å². The van der Waals surface area contributed by atoms with Crippen LogP contribution in [0, 0.1) is 0 Å². The van der Waals surface area contributed by atoms with Crippen molar-refractivity contribution < 1.29 is 14.6 Å². The standard InChI is InChI=1S/C23H24N2O3S/c26-20-8-4-1-5-17(20)12-25(19-6-2-3-7-19)13-18-14-29-23(24-18)16-9-10-21-22(11-16)28-15-27-21/h1,4-5,8-11,14,19,26H,2-3,6-7,12-13,15H2. The fourth-order valence-electron chi connectivity index (χ4n) is 4.20. The lowest BCUT2D eigenvalue weighted by Crippen LogP contribution is -2.32. The number of phenols is 1. The fraction of sp³-hybridized carbons (Fsp3) is 0.348. The van der Waals surface area contributed by atoms with Gasteiger partial charge in [0.25, 0.3) is 0 Å². The van der Waals surface area contributed by atoms with Crippen LogP contribution < -0.4 is 9.47 Å². The van der Waals surface area contributed by atoms with Crippen LogP contribution in [0.1, 0.15) is 36.9 Å². The molecule has 29 heavy (non-hydrogen) atoms. The van der Waals surface area contributed by atoms with Gasteiger partial charge in [-0.15, -0.1) is 11.3 Å². The molecule has 1 aliphatic carbocycles. The fourth-order valence-corrected chi connectivity index (χ4v) is 5.00. The zero-order valence-electron chi connectivity index (χ0n) is 16.2. The molecule has 1 fully saturated rings. The number of ether oxygens (including phenoxy) is 2. The summed E-state index contributed by atoms with van der Waals surface area (Å²) in [5.41, 5.74) is 3.11. The molecule has 5 nitrogen and oxygen atoms in total. The Morgan fingerprint density at radius 1 is 1.03 bits per heavy atom. The quantitative estimate of drug-likeness (QED) is 0.608. The molecule has 0 atom stereocenters. The number of hydrogen-bond acceptors (Lipinski definition) is 6. The molecule has 0 radical (unpaired) electrons. The van der Waals surface area contributed by atoms with E-state index in [1.54, 1.807) is 17.4 Å². The van der Waals surface area contributed by atoms with E-state index >= 15 is 0 Å². The maximum Gasteiger partial charge on any atom is 0.231 e. The molecular weight excluding hydrogens is 384 g/mol. The van der Waals surface area contributed by atoms with Gasteiger partial charge in [-0.3, -0.25) is 4.90 Å².